The van der Waals surface area contributed by atoms with Crippen LogP contribution in [0.4, 0.5) is 5.69 Å². The SMILES string of the molecule is CCNC(=O)c1cccc(NCC2CCCC2)c1. The van der Waals surface area contributed by atoms with Crippen molar-refractivity contribution in [2.75, 3.05) is 18.4 Å². The van der Waals surface area contributed by atoms with Crippen molar-refractivity contribution in [3.8, 4) is 0 Å². The molecule has 0 unspecified atom stereocenters. The second kappa shape index (κ2) is 6.43. The van der Waals surface area contributed by atoms with Crippen molar-refractivity contribution in [2.24, 2.45) is 5.92 Å². The summed E-state index contributed by atoms with van der Waals surface area (Å²) < 4.78 is 0. The summed E-state index contributed by atoms with van der Waals surface area (Å²) in [5.74, 6) is 0.806. The van der Waals surface area contributed by atoms with Crippen LogP contribution in [0.2, 0.25) is 0 Å². The van der Waals surface area contributed by atoms with Crippen LogP contribution < -0.4 is 10.6 Å². The first-order chi connectivity index (χ1) is 8.79. The standard InChI is InChI=1S/C15H22N2O/c1-2-16-15(18)13-8-5-9-14(10-13)17-11-12-6-3-4-7-12/h5,8-10,12,17H,2-4,6-7,11H2,1H3,(H,16,18). The lowest BCUT2D eigenvalue weighted by Crippen LogP contribution is -2.22. The van der Waals surface area contributed by atoms with Crippen molar-refractivity contribution in [1.82, 2.24) is 5.32 Å². The highest BCUT2D eigenvalue weighted by Gasteiger charge is 2.14. The lowest BCUT2D eigenvalue weighted by molar-refractivity contribution is 0.0956. The molecule has 2 rings (SSSR count). The maximum absolute atomic E-state index is 11.7. The summed E-state index contributed by atoms with van der Waals surface area (Å²) >= 11 is 0. The predicted molar refractivity (Wildman–Crippen MR) is 74.9 cm³/mol. The van der Waals surface area contributed by atoms with E-state index in [0.29, 0.717) is 6.54 Å². The van der Waals surface area contributed by atoms with Gasteiger partial charge in [0.15, 0.2) is 0 Å². The largest absolute Gasteiger partial charge is 0.385 e. The van der Waals surface area contributed by atoms with Crippen LogP contribution in [0.3, 0.4) is 0 Å². The van der Waals surface area contributed by atoms with Gasteiger partial charge in [0.25, 0.3) is 5.91 Å². The number of hydrogen-bond donors (Lipinski definition) is 2. The van der Waals surface area contributed by atoms with Gasteiger partial charge in [0.1, 0.15) is 0 Å². The molecule has 0 radical (unpaired) electrons. The Morgan fingerprint density at radius 1 is 1.33 bits per heavy atom. The quantitative estimate of drug-likeness (QED) is 0.838. The summed E-state index contributed by atoms with van der Waals surface area (Å²) in [6, 6.07) is 7.74. The fourth-order valence-electron chi connectivity index (χ4n) is 2.51. The molecule has 18 heavy (non-hydrogen) atoms. The predicted octanol–water partition coefficient (Wildman–Crippen LogP) is 3.04. The van der Waals surface area contributed by atoms with E-state index in [-0.39, 0.29) is 5.91 Å². The molecule has 3 heteroatoms. The molecule has 0 heterocycles. The molecule has 0 saturated heterocycles. The summed E-state index contributed by atoms with van der Waals surface area (Å²) in [7, 11) is 0. The molecule has 2 N–H and O–H groups in total. The van der Waals surface area contributed by atoms with E-state index < -0.39 is 0 Å². The van der Waals surface area contributed by atoms with Crippen LogP contribution in [0.25, 0.3) is 0 Å². The minimum Gasteiger partial charge on any atom is -0.385 e. The molecule has 0 aromatic heterocycles. The maximum Gasteiger partial charge on any atom is 0.251 e. The Morgan fingerprint density at radius 2 is 2.11 bits per heavy atom. The molecule has 98 valence electrons. The first-order valence-corrected chi connectivity index (χ1v) is 6.91. The van der Waals surface area contributed by atoms with Gasteiger partial charge < -0.3 is 10.6 Å². The number of rotatable bonds is 5. The molecule has 3 nitrogen and oxygen atoms in total. The van der Waals surface area contributed by atoms with Gasteiger partial charge in [0.2, 0.25) is 0 Å². The smallest absolute Gasteiger partial charge is 0.251 e. The molecule has 0 spiro atoms. The Hall–Kier alpha value is -1.51. The highest BCUT2D eigenvalue weighted by molar-refractivity contribution is 5.95. The van der Waals surface area contributed by atoms with E-state index in [1.54, 1.807) is 0 Å². The number of hydrogen-bond acceptors (Lipinski definition) is 2. The molecule has 1 aliphatic carbocycles. The normalized spacial score (nSPS) is 15.6. The fourth-order valence-corrected chi connectivity index (χ4v) is 2.51. The van der Waals surface area contributed by atoms with Crippen molar-refractivity contribution >= 4 is 11.6 Å². The third-order valence-corrected chi connectivity index (χ3v) is 3.53. The lowest BCUT2D eigenvalue weighted by Gasteiger charge is -2.12. The number of anilines is 1. The van der Waals surface area contributed by atoms with Gasteiger partial charge in [0, 0.05) is 24.3 Å². The highest BCUT2D eigenvalue weighted by Crippen LogP contribution is 2.25. The number of benzene rings is 1. The Bertz CT molecular complexity index is 397. The first kappa shape index (κ1) is 12.9. The lowest BCUT2D eigenvalue weighted by atomic mass is 10.1. The van der Waals surface area contributed by atoms with E-state index in [9.17, 15) is 4.79 Å². The van der Waals surface area contributed by atoms with Crippen molar-refractivity contribution in [3.05, 3.63) is 29.8 Å². The number of carbonyl (C=O) groups is 1. The van der Waals surface area contributed by atoms with Gasteiger partial charge >= 0.3 is 0 Å². The zero-order valence-corrected chi connectivity index (χ0v) is 11.0. The summed E-state index contributed by atoms with van der Waals surface area (Å²) in [6.07, 6.45) is 5.41. The molecule has 1 fully saturated rings. The average molecular weight is 246 g/mol. The molecular formula is C15H22N2O. The van der Waals surface area contributed by atoms with Crippen LogP contribution >= 0.6 is 0 Å². The molecule has 1 amide bonds. The third kappa shape index (κ3) is 3.49. The highest BCUT2D eigenvalue weighted by atomic mass is 16.1. The number of nitrogens with one attached hydrogen (secondary N) is 2. The molecular weight excluding hydrogens is 224 g/mol. The monoisotopic (exact) mass is 246 g/mol. The van der Waals surface area contributed by atoms with Gasteiger partial charge in [-0.15, -0.1) is 0 Å². The van der Waals surface area contributed by atoms with Gasteiger partial charge in [-0.3, -0.25) is 4.79 Å². The van der Waals surface area contributed by atoms with Crippen molar-refractivity contribution in [3.63, 3.8) is 0 Å². The molecule has 1 aromatic carbocycles. The zero-order chi connectivity index (χ0) is 12.8. The van der Waals surface area contributed by atoms with E-state index >= 15 is 0 Å². The van der Waals surface area contributed by atoms with Crippen LogP contribution in [0.15, 0.2) is 24.3 Å². The molecule has 1 saturated carbocycles. The van der Waals surface area contributed by atoms with Gasteiger partial charge in [-0.25, -0.2) is 0 Å². The number of carbonyl (C=O) groups excluding carboxylic acids is 1. The summed E-state index contributed by atoms with van der Waals surface area (Å²) in [5.41, 5.74) is 1.78. The Balaban J connectivity index is 1.91. The summed E-state index contributed by atoms with van der Waals surface area (Å²) in [4.78, 5) is 11.7. The van der Waals surface area contributed by atoms with Gasteiger partial charge in [-0.05, 0) is 43.9 Å². The topological polar surface area (TPSA) is 41.1 Å². The Labute approximate surface area is 109 Å². The van der Waals surface area contributed by atoms with Crippen LogP contribution in [-0.2, 0) is 0 Å². The summed E-state index contributed by atoms with van der Waals surface area (Å²) in [5, 5.41) is 6.26. The Kier molecular flexibility index (Phi) is 4.62. The van der Waals surface area contributed by atoms with E-state index in [2.05, 4.69) is 10.6 Å². The molecule has 0 aliphatic heterocycles. The van der Waals surface area contributed by atoms with E-state index in [0.717, 1.165) is 23.7 Å². The van der Waals surface area contributed by atoms with Gasteiger partial charge in [0.05, 0.1) is 0 Å². The second-order valence-electron chi connectivity index (χ2n) is 4.97. The van der Waals surface area contributed by atoms with Gasteiger partial charge in [-0.2, -0.15) is 0 Å². The Morgan fingerprint density at radius 3 is 2.83 bits per heavy atom. The van der Waals surface area contributed by atoms with Crippen LogP contribution in [0, 0.1) is 5.92 Å². The van der Waals surface area contributed by atoms with Crippen LogP contribution in [0.5, 0.6) is 0 Å². The van der Waals surface area contributed by atoms with E-state index in [4.69, 9.17) is 0 Å². The van der Waals surface area contributed by atoms with E-state index in [1.165, 1.54) is 25.7 Å². The third-order valence-electron chi connectivity index (χ3n) is 3.53. The van der Waals surface area contributed by atoms with Crippen LogP contribution in [-0.4, -0.2) is 19.0 Å². The minimum absolute atomic E-state index is 0.00187. The molecule has 0 bridgehead atoms. The van der Waals surface area contributed by atoms with E-state index in [1.807, 2.05) is 31.2 Å². The molecule has 1 aliphatic rings. The van der Waals surface area contributed by atoms with Gasteiger partial charge in [-0.1, -0.05) is 18.9 Å². The molecule has 1 aromatic rings. The second-order valence-corrected chi connectivity index (χ2v) is 4.97. The average Bonchev–Trinajstić information content (AvgIpc) is 2.90. The minimum atomic E-state index is 0.00187. The van der Waals surface area contributed by atoms with Crippen molar-refractivity contribution in [1.29, 1.82) is 0 Å². The fraction of sp³-hybridized carbons (Fsp3) is 0.533. The maximum atomic E-state index is 11.7. The number of amides is 1. The summed E-state index contributed by atoms with van der Waals surface area (Å²) in [6.45, 7) is 3.62. The van der Waals surface area contributed by atoms with Crippen LogP contribution in [0.1, 0.15) is 43.0 Å². The zero-order valence-electron chi connectivity index (χ0n) is 11.0. The van der Waals surface area contributed by atoms with Crippen molar-refractivity contribution < 1.29 is 4.79 Å². The van der Waals surface area contributed by atoms with Crippen molar-refractivity contribution in [2.45, 2.75) is 32.6 Å². The molecule has 0 atom stereocenters. The first-order valence-electron chi connectivity index (χ1n) is 6.91.